The molecule has 65 heavy (non-hydrogen) atoms. The molecule has 0 aliphatic rings. The molecular weight excluding hydrogens is 1040 g/mol. The number of fused-ring (bicyclic) bond motifs is 1. The molecule has 0 aliphatic carbocycles. The molecule has 0 fully saturated rings. The number of nitrogen functional groups attached to an aromatic ring is 1. The minimum absolute atomic E-state index is 0. The number of rotatable bonds is 22. The summed E-state index contributed by atoms with van der Waals surface area (Å²) in [6, 6.07) is 8.36. The number of nitrogens with two attached hydrogens (primary N) is 1. The van der Waals surface area contributed by atoms with E-state index in [-0.39, 0.29) is 183 Å². The molecular formula is C29H29N5Na4O21S6. The second-order valence-electron chi connectivity index (χ2n) is 10.9. The average Bonchev–Trinajstić information content (AvgIpc) is 3.17. The fraction of sp³-hybridized carbons (Fsp3) is 0.241. The number of anilines is 1. The van der Waals surface area contributed by atoms with Crippen molar-refractivity contribution in [3.63, 3.8) is 0 Å². The van der Waals surface area contributed by atoms with Crippen molar-refractivity contribution in [3.05, 3.63) is 48.5 Å². The van der Waals surface area contributed by atoms with Gasteiger partial charge in [-0.2, -0.15) is 9.45 Å². The first-order valence-electron chi connectivity index (χ1n) is 15.4. The van der Waals surface area contributed by atoms with E-state index in [1.165, 1.54) is 18.2 Å². The summed E-state index contributed by atoms with van der Waals surface area (Å²) >= 11 is 0.191. The molecule has 36 heteroatoms. The van der Waals surface area contributed by atoms with Gasteiger partial charge in [-0.25, -0.2) is 33.7 Å². The van der Waals surface area contributed by atoms with Crippen molar-refractivity contribution < 1.29 is 213 Å². The second-order valence-corrected chi connectivity index (χ2v) is 18.8. The molecule has 0 aliphatic heterocycles. The number of phenols is 1. The fourth-order valence-electron chi connectivity index (χ4n) is 4.82. The fourth-order valence-corrected chi connectivity index (χ4v) is 9.09. The van der Waals surface area contributed by atoms with Crippen LogP contribution in [0.2, 0.25) is 0 Å². The van der Waals surface area contributed by atoms with Gasteiger partial charge >= 0.3 is 118 Å². The van der Waals surface area contributed by atoms with E-state index in [0.717, 1.165) is 38.5 Å². The average molecular weight is 1070 g/mol. The first-order chi connectivity index (χ1) is 28.2. The van der Waals surface area contributed by atoms with Crippen molar-refractivity contribution in [2.75, 3.05) is 44.7 Å². The molecule has 3 N–H and O–H groups in total. The van der Waals surface area contributed by atoms with Crippen LogP contribution in [-0.4, -0.2) is 86.8 Å². The number of benzene rings is 4. The monoisotopic (exact) mass is 1070 g/mol. The topological polar surface area (TPSA) is 398 Å². The van der Waals surface area contributed by atoms with E-state index in [0.29, 0.717) is 6.07 Å². The van der Waals surface area contributed by atoms with Crippen molar-refractivity contribution in [2.45, 2.75) is 27.0 Å². The number of aromatic hydroxyl groups is 1. The van der Waals surface area contributed by atoms with Gasteiger partial charge in [0, 0.05) is 17.5 Å². The Kier molecular flexibility index (Phi) is 30.5. The molecule has 0 bridgehead atoms. The summed E-state index contributed by atoms with van der Waals surface area (Å²) in [5.41, 5.74) is 4.22. The van der Waals surface area contributed by atoms with E-state index < -0.39 is 108 Å². The Morgan fingerprint density at radius 2 is 1.34 bits per heavy atom. The summed E-state index contributed by atoms with van der Waals surface area (Å²) in [7, 11) is -16.9. The van der Waals surface area contributed by atoms with Crippen molar-refractivity contribution in [1.82, 2.24) is 0 Å². The number of hydrogen-bond donors (Lipinski definition) is 2. The van der Waals surface area contributed by atoms with Crippen LogP contribution in [-0.2, 0) is 67.3 Å². The first-order valence-corrected chi connectivity index (χ1v) is 22.8. The Bertz CT molecular complexity index is 2760. The number of azo groups is 2. The molecule has 0 atom stereocenters. The Hall–Kier alpha value is -0.360. The summed E-state index contributed by atoms with van der Waals surface area (Å²) in [6.07, 6.45) is 0. The third-order valence-corrected chi connectivity index (χ3v) is 13.1. The number of ether oxygens (including phenoxy) is 2. The number of methoxy groups -OCH3 is 2. The van der Waals surface area contributed by atoms with E-state index in [1.807, 2.05) is 0 Å². The van der Waals surface area contributed by atoms with Gasteiger partial charge in [0.15, 0.2) is 37.7 Å². The Morgan fingerprint density at radius 1 is 0.723 bits per heavy atom. The minimum atomic E-state index is -5.46. The van der Waals surface area contributed by atoms with Crippen LogP contribution in [0, 0.1) is 0 Å². The van der Waals surface area contributed by atoms with Gasteiger partial charge in [0.1, 0.15) is 43.6 Å². The van der Waals surface area contributed by atoms with E-state index in [9.17, 15) is 58.4 Å². The summed E-state index contributed by atoms with van der Waals surface area (Å²) in [5, 5.41) is 53.0. The van der Waals surface area contributed by atoms with Gasteiger partial charge in [0.05, 0.1) is 82.4 Å². The van der Waals surface area contributed by atoms with Gasteiger partial charge in [-0.1, -0.05) is 13.5 Å². The van der Waals surface area contributed by atoms with Gasteiger partial charge in [0.25, 0.3) is 0 Å². The zero-order valence-electron chi connectivity index (χ0n) is 33.9. The van der Waals surface area contributed by atoms with E-state index >= 15 is 0 Å². The molecule has 4 aromatic rings. The van der Waals surface area contributed by atoms with E-state index in [1.54, 1.807) is 0 Å². The number of hydrogen-bond acceptors (Lipinski definition) is 28. The maximum Gasteiger partial charge on any atom is 1.00 e. The second kappa shape index (κ2) is 29.7. The molecule has 0 spiro atoms. The van der Waals surface area contributed by atoms with Crippen LogP contribution in [0.3, 0.4) is 0 Å². The normalized spacial score (nSPS) is 11.8. The third kappa shape index (κ3) is 18.7. The van der Waals surface area contributed by atoms with Crippen molar-refractivity contribution >= 4 is 104 Å². The van der Waals surface area contributed by atoms with Crippen LogP contribution in [0.1, 0.15) is 7.43 Å². The van der Waals surface area contributed by atoms with Gasteiger partial charge in [-0.15, -0.1) is 19.7 Å². The molecule has 336 valence electrons. The summed E-state index contributed by atoms with van der Waals surface area (Å²) in [4.78, 5) is -2.24. The van der Waals surface area contributed by atoms with Gasteiger partial charge < -0.3 is 39.9 Å². The maximum atomic E-state index is 13.0. The molecule has 0 amide bonds. The molecule has 0 heterocycles. The van der Waals surface area contributed by atoms with Crippen LogP contribution >= 0.6 is 24.4 Å². The molecule has 4 rings (SSSR count). The largest absolute Gasteiger partial charge is 1.00 e. The van der Waals surface area contributed by atoms with Gasteiger partial charge in [-0.3, -0.25) is 18.4 Å². The first kappa shape index (κ1) is 66.7. The summed E-state index contributed by atoms with van der Waals surface area (Å²) in [5.74, 6) is -3.24. The molecule has 26 nitrogen and oxygen atoms in total. The maximum absolute atomic E-state index is 13.0. The molecule has 0 unspecified atom stereocenters. The van der Waals surface area contributed by atoms with E-state index in [4.69, 9.17) is 19.4 Å². The van der Waals surface area contributed by atoms with Crippen molar-refractivity contribution in [3.8, 4) is 17.2 Å². The van der Waals surface area contributed by atoms with Gasteiger partial charge in [0.2, 0.25) is 10.4 Å². The van der Waals surface area contributed by atoms with Crippen LogP contribution in [0.25, 0.3) is 10.8 Å². The minimum Gasteiger partial charge on any atom is -0.744 e. The van der Waals surface area contributed by atoms with Crippen LogP contribution in [0.15, 0.2) is 88.6 Å². The number of phenolic OH excluding ortho intramolecular Hbond substituents is 1. The van der Waals surface area contributed by atoms with Crippen molar-refractivity contribution in [2.24, 2.45) is 20.5 Å². The molecule has 0 saturated heterocycles. The van der Waals surface area contributed by atoms with Crippen molar-refractivity contribution in [1.29, 1.82) is 0 Å². The Balaban J connectivity index is 0. The van der Waals surface area contributed by atoms with Crippen LogP contribution in [0.4, 0.5) is 28.4 Å². The van der Waals surface area contributed by atoms with Gasteiger partial charge in [-0.05, 0) is 30.3 Å². The van der Waals surface area contributed by atoms with Crippen LogP contribution < -0.4 is 144 Å². The van der Waals surface area contributed by atoms with Crippen LogP contribution in [0.5, 0.6) is 17.2 Å². The third-order valence-electron chi connectivity index (χ3n) is 7.37. The SMILES string of the molecule is C.COc1cc(S(=O)(=O)CCOS(=O)(=O)[O-])c(OC)cc1N=Nc1cc(S(=O)(=O)[O-])c2cc(SOO[O-])c(N=Nc3cccc(S(=O)(=O)CCOSOO[O-])c3)c(O)c2c1N.[Na+].[Na+].[Na+].[Na+]. The summed E-state index contributed by atoms with van der Waals surface area (Å²) in [6.45, 7) is -1.47. The predicted octanol–water partition coefficient (Wildman–Crippen LogP) is -9.41. The number of sulfone groups is 2. The Morgan fingerprint density at radius 3 is 1.92 bits per heavy atom. The Labute approximate surface area is 468 Å². The zero-order chi connectivity index (χ0) is 44.5. The molecule has 0 radical (unpaired) electrons. The molecule has 0 saturated carbocycles. The smallest absolute Gasteiger partial charge is 0.744 e. The summed E-state index contributed by atoms with van der Waals surface area (Å²) < 4.78 is 149. The quantitative estimate of drug-likeness (QED) is 0.00849. The van der Waals surface area contributed by atoms with E-state index in [2.05, 4.69) is 43.4 Å². The molecule has 0 aromatic heterocycles. The number of nitrogens with zero attached hydrogens (tertiary/aromatic N) is 4. The standard InChI is InChI=1S/C28H29N5O21S6.CH4.4Na/c1-47-20-14-24(58(39,40)9-7-50-60(44,45)46)21(48-2)12-18(20)31-32-19-13-23(59(41,42)43)17-11-22(55-53-51-35)27(28(34)25(17)26(19)29)33-30-15-4-3-5-16(10-15)57(37,38)8-6-49-56-54-52-36;;;;;/h3-5,10-14,34-36H,6-9,29H2,1-2H3,(H,41,42,43)(H,44,45,46);1H4;;;;/q;;4*+1/p-4. The predicted molar refractivity (Wildman–Crippen MR) is 203 cm³/mol. The zero-order valence-corrected chi connectivity index (χ0v) is 46.8. The molecule has 4 aromatic carbocycles.